The molecule has 0 radical (unpaired) electrons. The van der Waals surface area contributed by atoms with Gasteiger partial charge in [0.25, 0.3) is 0 Å². The molecule has 0 aromatic heterocycles. The lowest BCUT2D eigenvalue weighted by Gasteiger charge is -2.35. The Kier molecular flexibility index (Phi) is 7.94. The first-order valence-corrected chi connectivity index (χ1v) is 9.42. The molecule has 0 aliphatic rings. The number of carbonyl (C=O) groups excluding carboxylic acids is 1. The van der Waals surface area contributed by atoms with Crippen LogP contribution in [0.3, 0.4) is 0 Å². The van der Waals surface area contributed by atoms with Gasteiger partial charge in [0.2, 0.25) is 0 Å². The van der Waals surface area contributed by atoms with Crippen molar-refractivity contribution in [3.63, 3.8) is 0 Å². The summed E-state index contributed by atoms with van der Waals surface area (Å²) in [6.07, 6.45) is 6.75. The van der Waals surface area contributed by atoms with Crippen molar-refractivity contribution in [3.05, 3.63) is 0 Å². The molecular formula is C13H28O2Si. The third-order valence-corrected chi connectivity index (χ3v) is 4.06. The fraction of sp³-hybridized carbons (Fsp3) is 0.923. The van der Waals surface area contributed by atoms with Crippen molar-refractivity contribution < 1.29 is 9.22 Å². The van der Waals surface area contributed by atoms with Gasteiger partial charge in [-0.1, -0.05) is 33.1 Å². The molecule has 2 unspecified atom stereocenters. The highest BCUT2D eigenvalue weighted by Gasteiger charge is 2.34. The van der Waals surface area contributed by atoms with Crippen molar-refractivity contribution in [2.45, 2.75) is 71.6 Å². The highest BCUT2D eigenvalue weighted by Crippen LogP contribution is 2.29. The van der Waals surface area contributed by atoms with Gasteiger partial charge in [-0.2, -0.15) is 0 Å². The second-order valence-electron chi connectivity index (χ2n) is 5.10. The topological polar surface area (TPSA) is 26.3 Å². The fourth-order valence-electron chi connectivity index (χ4n) is 2.24. The molecule has 3 heteroatoms. The second-order valence-corrected chi connectivity index (χ2v) is 7.43. The first-order chi connectivity index (χ1) is 7.50. The summed E-state index contributed by atoms with van der Waals surface area (Å²) in [7, 11) is -1.16. The minimum absolute atomic E-state index is 0.393. The molecule has 2 atom stereocenters. The summed E-state index contributed by atoms with van der Waals surface area (Å²) in [4.78, 5) is 11.3. The van der Waals surface area contributed by atoms with Gasteiger partial charge in [0.1, 0.15) is 5.60 Å². The van der Waals surface area contributed by atoms with Crippen LogP contribution in [0.15, 0.2) is 0 Å². The van der Waals surface area contributed by atoms with E-state index in [4.69, 9.17) is 4.43 Å². The molecule has 0 aromatic carbocycles. The van der Waals surface area contributed by atoms with Crippen LogP contribution in [0.25, 0.3) is 0 Å². The minimum atomic E-state index is -1.16. The third kappa shape index (κ3) is 5.26. The van der Waals surface area contributed by atoms with E-state index in [9.17, 15) is 4.79 Å². The summed E-state index contributed by atoms with van der Waals surface area (Å²) in [6.45, 7) is 10.6. The van der Waals surface area contributed by atoms with Crippen molar-refractivity contribution in [1.82, 2.24) is 0 Å². The van der Waals surface area contributed by atoms with Gasteiger partial charge in [0, 0.05) is 0 Å². The van der Waals surface area contributed by atoms with Crippen LogP contribution in [0.1, 0.15) is 52.9 Å². The zero-order chi connectivity index (χ0) is 12.6. The van der Waals surface area contributed by atoms with Crippen LogP contribution in [0.4, 0.5) is 0 Å². The Labute approximate surface area is 102 Å². The lowest BCUT2D eigenvalue weighted by molar-refractivity contribution is -0.125. The normalized spacial score (nSPS) is 17.1. The smallest absolute Gasteiger partial charge is 0.172 e. The SMILES string of the molecule is CCCCC(CCC)C(C)(C=O)O[SiH](C)C. The van der Waals surface area contributed by atoms with Crippen molar-refractivity contribution in [3.8, 4) is 0 Å². The van der Waals surface area contributed by atoms with E-state index >= 15 is 0 Å². The number of carbonyl (C=O) groups is 1. The van der Waals surface area contributed by atoms with Crippen LogP contribution < -0.4 is 0 Å². The van der Waals surface area contributed by atoms with E-state index in [-0.39, 0.29) is 0 Å². The predicted octanol–water partition coefficient (Wildman–Crippen LogP) is 3.55. The van der Waals surface area contributed by atoms with E-state index in [1.165, 1.54) is 12.8 Å². The summed E-state index contributed by atoms with van der Waals surface area (Å²) in [5.41, 5.74) is -0.536. The molecule has 0 aliphatic heterocycles. The van der Waals surface area contributed by atoms with E-state index in [1.807, 2.05) is 6.92 Å². The number of hydrogen-bond acceptors (Lipinski definition) is 2. The predicted molar refractivity (Wildman–Crippen MR) is 72.4 cm³/mol. The minimum Gasteiger partial charge on any atom is -0.408 e. The van der Waals surface area contributed by atoms with Crippen LogP contribution in [-0.2, 0) is 9.22 Å². The van der Waals surface area contributed by atoms with Gasteiger partial charge in [-0.15, -0.1) is 0 Å². The van der Waals surface area contributed by atoms with Crippen LogP contribution in [0.5, 0.6) is 0 Å². The molecule has 0 bridgehead atoms. The van der Waals surface area contributed by atoms with Gasteiger partial charge < -0.3 is 9.22 Å². The monoisotopic (exact) mass is 244 g/mol. The van der Waals surface area contributed by atoms with Gasteiger partial charge in [-0.25, -0.2) is 0 Å². The van der Waals surface area contributed by atoms with Gasteiger partial charge in [0.05, 0.1) is 0 Å². The number of aldehydes is 1. The number of unbranched alkanes of at least 4 members (excludes halogenated alkanes) is 1. The Morgan fingerprint density at radius 1 is 1.25 bits per heavy atom. The molecule has 0 spiro atoms. The zero-order valence-electron chi connectivity index (χ0n) is 11.6. The highest BCUT2D eigenvalue weighted by atomic mass is 28.3. The summed E-state index contributed by atoms with van der Waals surface area (Å²) < 4.78 is 5.97. The molecule has 0 saturated carbocycles. The van der Waals surface area contributed by atoms with E-state index in [0.29, 0.717) is 5.92 Å². The molecule has 0 aliphatic carbocycles. The molecule has 0 fully saturated rings. The Morgan fingerprint density at radius 3 is 2.25 bits per heavy atom. The van der Waals surface area contributed by atoms with E-state index in [2.05, 4.69) is 26.9 Å². The average Bonchev–Trinajstić information content (AvgIpc) is 2.23. The summed E-state index contributed by atoms with van der Waals surface area (Å²) >= 11 is 0. The standard InChI is InChI=1S/C13H28O2Si/c1-6-8-10-12(9-7-2)13(3,11-14)15-16(4)5/h11-12,16H,6-10H2,1-5H3. The van der Waals surface area contributed by atoms with E-state index < -0.39 is 14.6 Å². The van der Waals surface area contributed by atoms with Gasteiger partial charge in [-0.3, -0.25) is 0 Å². The summed E-state index contributed by atoms with van der Waals surface area (Å²) in [5, 5.41) is 0. The molecule has 96 valence electrons. The molecule has 0 amide bonds. The maximum Gasteiger partial charge on any atom is 0.172 e. The summed E-state index contributed by atoms with van der Waals surface area (Å²) in [6, 6.07) is 0. The third-order valence-electron chi connectivity index (χ3n) is 3.08. The van der Waals surface area contributed by atoms with Crippen molar-refractivity contribution in [1.29, 1.82) is 0 Å². The maximum atomic E-state index is 11.3. The van der Waals surface area contributed by atoms with Crippen molar-refractivity contribution in [2.24, 2.45) is 5.92 Å². The average molecular weight is 244 g/mol. The van der Waals surface area contributed by atoms with E-state index in [0.717, 1.165) is 25.5 Å². The van der Waals surface area contributed by atoms with Crippen LogP contribution in [-0.4, -0.2) is 20.9 Å². The lowest BCUT2D eigenvalue weighted by Crippen LogP contribution is -2.42. The fourth-order valence-corrected chi connectivity index (χ4v) is 3.51. The van der Waals surface area contributed by atoms with Crippen LogP contribution in [0, 0.1) is 5.92 Å². The number of hydrogen-bond donors (Lipinski definition) is 0. The van der Waals surface area contributed by atoms with Crippen molar-refractivity contribution >= 4 is 15.3 Å². The molecule has 0 N–H and O–H groups in total. The highest BCUT2D eigenvalue weighted by molar-refractivity contribution is 6.48. The Hall–Kier alpha value is -0.153. The van der Waals surface area contributed by atoms with E-state index in [1.54, 1.807) is 0 Å². The van der Waals surface area contributed by atoms with Gasteiger partial charge >= 0.3 is 0 Å². The largest absolute Gasteiger partial charge is 0.408 e. The molecule has 2 nitrogen and oxygen atoms in total. The summed E-state index contributed by atoms with van der Waals surface area (Å²) in [5.74, 6) is 0.393. The Bertz CT molecular complexity index is 194. The Morgan fingerprint density at radius 2 is 1.88 bits per heavy atom. The van der Waals surface area contributed by atoms with Crippen LogP contribution >= 0.6 is 0 Å². The van der Waals surface area contributed by atoms with Crippen molar-refractivity contribution in [2.75, 3.05) is 0 Å². The molecule has 0 saturated heterocycles. The molecule has 16 heavy (non-hydrogen) atoms. The molecular weight excluding hydrogens is 216 g/mol. The molecule has 0 heterocycles. The quantitative estimate of drug-likeness (QED) is 0.458. The van der Waals surface area contributed by atoms with Gasteiger partial charge in [-0.05, 0) is 38.8 Å². The van der Waals surface area contributed by atoms with Gasteiger partial charge in [0.15, 0.2) is 15.3 Å². The van der Waals surface area contributed by atoms with Crippen LogP contribution in [0.2, 0.25) is 13.1 Å². The Balaban J connectivity index is 4.59. The zero-order valence-corrected chi connectivity index (χ0v) is 12.7. The first kappa shape index (κ1) is 15.8. The number of rotatable bonds is 9. The second kappa shape index (κ2) is 8.01. The first-order valence-electron chi connectivity index (χ1n) is 6.64. The maximum absolute atomic E-state index is 11.3. The lowest BCUT2D eigenvalue weighted by atomic mass is 9.83. The molecule has 0 aromatic rings. The molecule has 0 rings (SSSR count).